The molecule has 0 radical (unpaired) electrons. The summed E-state index contributed by atoms with van der Waals surface area (Å²) < 4.78 is 31.7. The van der Waals surface area contributed by atoms with E-state index >= 15 is 0 Å². The summed E-state index contributed by atoms with van der Waals surface area (Å²) in [6.07, 6.45) is 9.02. The molecule has 5 heteroatoms. The van der Waals surface area contributed by atoms with Gasteiger partial charge in [-0.25, -0.2) is 0 Å². The van der Waals surface area contributed by atoms with Crippen LogP contribution in [0.25, 0.3) is 0 Å². The molecule has 0 saturated carbocycles. The topological polar surface area (TPSA) is 74.6 Å². The zero-order valence-electron chi connectivity index (χ0n) is 13.1. The molecular weight excluding hydrogens is 276 g/mol. The molecule has 0 amide bonds. The van der Waals surface area contributed by atoms with Crippen LogP contribution in [0.15, 0.2) is 0 Å². The fourth-order valence-corrected chi connectivity index (χ4v) is 3.34. The van der Waals surface area contributed by atoms with E-state index in [2.05, 4.69) is 6.92 Å². The van der Waals surface area contributed by atoms with Crippen molar-refractivity contribution in [2.24, 2.45) is 0 Å². The molecule has 0 aromatic rings. The van der Waals surface area contributed by atoms with Gasteiger partial charge in [0.25, 0.3) is 10.1 Å². The lowest BCUT2D eigenvalue weighted by atomic mass is 10.0. The minimum Gasteiger partial charge on any atom is -0.393 e. The molecular formula is C15H32O4S. The van der Waals surface area contributed by atoms with Gasteiger partial charge in [-0.2, -0.15) is 8.42 Å². The number of aliphatic hydroxyl groups excluding tert-OH is 1. The molecule has 0 bridgehead atoms. The monoisotopic (exact) mass is 308 g/mol. The van der Waals surface area contributed by atoms with Crippen molar-refractivity contribution in [3.8, 4) is 0 Å². The van der Waals surface area contributed by atoms with Crippen LogP contribution in [0.1, 0.15) is 84.5 Å². The van der Waals surface area contributed by atoms with Crippen molar-refractivity contribution in [1.82, 2.24) is 0 Å². The average molecular weight is 308 g/mol. The summed E-state index contributed by atoms with van der Waals surface area (Å²) in [6.45, 7) is 4.16. The molecule has 0 spiro atoms. The molecule has 0 fully saturated rings. The first-order chi connectivity index (χ1) is 9.41. The van der Waals surface area contributed by atoms with Crippen LogP contribution >= 0.6 is 0 Å². The van der Waals surface area contributed by atoms with Gasteiger partial charge in [-0.3, -0.25) is 4.55 Å². The zero-order chi connectivity index (χ0) is 15.4. The standard InChI is InChI=1S/C15H32O4S/c1-3-5-7-8-10-14(16)11-9-13-15(12-6-4-2)20(17,18)19/h14-16H,3-13H2,1-2H3,(H,17,18,19). The maximum atomic E-state index is 11.3. The SMILES string of the molecule is CCCCCCC(O)CCCC(CCCC)S(=O)(=O)O. The third-order valence-electron chi connectivity index (χ3n) is 3.76. The molecule has 0 heterocycles. The second-order valence-corrected chi connectivity index (χ2v) is 7.41. The summed E-state index contributed by atoms with van der Waals surface area (Å²) in [5.74, 6) is 0. The van der Waals surface area contributed by atoms with Crippen molar-refractivity contribution in [2.75, 3.05) is 0 Å². The van der Waals surface area contributed by atoms with Crippen LogP contribution in [-0.2, 0) is 10.1 Å². The number of rotatable bonds is 13. The van der Waals surface area contributed by atoms with Crippen molar-refractivity contribution in [1.29, 1.82) is 0 Å². The Kier molecular flexibility index (Phi) is 11.4. The van der Waals surface area contributed by atoms with Crippen LogP contribution < -0.4 is 0 Å². The van der Waals surface area contributed by atoms with E-state index in [-0.39, 0.29) is 6.10 Å². The van der Waals surface area contributed by atoms with Gasteiger partial charge in [0.15, 0.2) is 0 Å². The highest BCUT2D eigenvalue weighted by atomic mass is 32.2. The average Bonchev–Trinajstić information content (AvgIpc) is 2.37. The lowest BCUT2D eigenvalue weighted by molar-refractivity contribution is 0.147. The van der Waals surface area contributed by atoms with Crippen LogP contribution in [0, 0.1) is 0 Å². The Morgan fingerprint density at radius 2 is 1.35 bits per heavy atom. The van der Waals surface area contributed by atoms with E-state index in [1.807, 2.05) is 6.92 Å². The number of hydrogen-bond donors (Lipinski definition) is 2. The quantitative estimate of drug-likeness (QED) is 0.399. The van der Waals surface area contributed by atoms with Gasteiger partial charge < -0.3 is 5.11 Å². The second-order valence-electron chi connectivity index (χ2n) is 5.71. The third-order valence-corrected chi connectivity index (χ3v) is 5.07. The van der Waals surface area contributed by atoms with Crippen molar-refractivity contribution in [3.63, 3.8) is 0 Å². The number of unbranched alkanes of at least 4 members (excludes halogenated alkanes) is 4. The maximum absolute atomic E-state index is 11.3. The van der Waals surface area contributed by atoms with Gasteiger partial charge in [0, 0.05) is 0 Å². The molecule has 20 heavy (non-hydrogen) atoms. The summed E-state index contributed by atoms with van der Waals surface area (Å²) in [7, 11) is -3.94. The van der Waals surface area contributed by atoms with Crippen LogP contribution in [-0.4, -0.2) is 29.4 Å². The molecule has 122 valence electrons. The predicted molar refractivity (Wildman–Crippen MR) is 83.5 cm³/mol. The van der Waals surface area contributed by atoms with E-state index in [1.54, 1.807) is 0 Å². The Morgan fingerprint density at radius 3 is 1.90 bits per heavy atom. The summed E-state index contributed by atoms with van der Waals surface area (Å²) >= 11 is 0. The van der Waals surface area contributed by atoms with E-state index in [4.69, 9.17) is 0 Å². The van der Waals surface area contributed by atoms with Crippen molar-refractivity contribution in [2.45, 2.75) is 95.8 Å². The largest absolute Gasteiger partial charge is 0.393 e. The molecule has 0 aliphatic rings. The molecule has 2 atom stereocenters. The highest BCUT2D eigenvalue weighted by molar-refractivity contribution is 7.86. The van der Waals surface area contributed by atoms with Crippen LogP contribution in [0.3, 0.4) is 0 Å². The lowest BCUT2D eigenvalue weighted by Crippen LogP contribution is -2.21. The molecule has 0 rings (SSSR count). The predicted octanol–water partition coefficient (Wildman–Crippen LogP) is 3.93. The Hall–Kier alpha value is -0.130. The Balaban J connectivity index is 3.87. The summed E-state index contributed by atoms with van der Waals surface area (Å²) in [5, 5.41) is 9.17. The van der Waals surface area contributed by atoms with E-state index in [9.17, 15) is 18.1 Å². The highest BCUT2D eigenvalue weighted by Crippen LogP contribution is 2.18. The van der Waals surface area contributed by atoms with Crippen LogP contribution in [0.4, 0.5) is 0 Å². The molecule has 0 aromatic carbocycles. The molecule has 0 aliphatic heterocycles. The van der Waals surface area contributed by atoms with E-state index in [0.29, 0.717) is 25.7 Å². The molecule has 2 N–H and O–H groups in total. The van der Waals surface area contributed by atoms with Gasteiger partial charge in [-0.15, -0.1) is 0 Å². The van der Waals surface area contributed by atoms with Crippen molar-refractivity contribution >= 4 is 10.1 Å². The lowest BCUT2D eigenvalue weighted by Gasteiger charge is -2.15. The number of hydrogen-bond acceptors (Lipinski definition) is 3. The fraction of sp³-hybridized carbons (Fsp3) is 1.00. The third kappa shape index (κ3) is 10.6. The maximum Gasteiger partial charge on any atom is 0.267 e. The minimum atomic E-state index is -3.94. The van der Waals surface area contributed by atoms with E-state index in [0.717, 1.165) is 32.1 Å². The van der Waals surface area contributed by atoms with Crippen LogP contribution in [0.5, 0.6) is 0 Å². The van der Waals surface area contributed by atoms with Crippen molar-refractivity contribution in [3.05, 3.63) is 0 Å². The van der Waals surface area contributed by atoms with Gasteiger partial charge >= 0.3 is 0 Å². The fourth-order valence-electron chi connectivity index (χ4n) is 2.41. The van der Waals surface area contributed by atoms with Crippen molar-refractivity contribution < 1.29 is 18.1 Å². The van der Waals surface area contributed by atoms with Crippen LogP contribution in [0.2, 0.25) is 0 Å². The first kappa shape index (κ1) is 19.9. The molecule has 4 nitrogen and oxygen atoms in total. The molecule has 0 saturated heterocycles. The molecule has 0 aliphatic carbocycles. The summed E-state index contributed by atoms with van der Waals surface area (Å²) in [4.78, 5) is 0. The Labute approximate surface area is 124 Å². The Morgan fingerprint density at radius 1 is 0.800 bits per heavy atom. The first-order valence-corrected chi connectivity index (χ1v) is 9.56. The highest BCUT2D eigenvalue weighted by Gasteiger charge is 2.22. The van der Waals surface area contributed by atoms with Gasteiger partial charge in [0.05, 0.1) is 11.4 Å². The number of aliphatic hydroxyl groups is 1. The smallest absolute Gasteiger partial charge is 0.267 e. The zero-order valence-corrected chi connectivity index (χ0v) is 13.9. The normalized spacial score (nSPS) is 15.2. The van der Waals surface area contributed by atoms with Gasteiger partial charge in [-0.05, 0) is 32.1 Å². The van der Waals surface area contributed by atoms with Gasteiger partial charge in [0.2, 0.25) is 0 Å². The van der Waals surface area contributed by atoms with E-state index in [1.165, 1.54) is 12.8 Å². The Bertz CT molecular complexity index is 314. The van der Waals surface area contributed by atoms with Gasteiger partial charge in [-0.1, -0.05) is 52.4 Å². The minimum absolute atomic E-state index is 0.333. The molecule has 2 unspecified atom stereocenters. The summed E-state index contributed by atoms with van der Waals surface area (Å²) in [6, 6.07) is 0. The first-order valence-electron chi connectivity index (χ1n) is 8.06. The molecule has 0 aromatic heterocycles. The van der Waals surface area contributed by atoms with Gasteiger partial charge in [0.1, 0.15) is 0 Å². The second kappa shape index (κ2) is 11.5. The van der Waals surface area contributed by atoms with E-state index < -0.39 is 15.4 Å². The summed E-state index contributed by atoms with van der Waals surface area (Å²) in [5.41, 5.74) is 0.